The van der Waals surface area contributed by atoms with Gasteiger partial charge in [-0.15, -0.1) is 0 Å². The molecule has 4 aromatic rings. The number of hydrogen-bond donors (Lipinski definition) is 2. The van der Waals surface area contributed by atoms with E-state index in [2.05, 4.69) is 80.2 Å². The second kappa shape index (κ2) is 15.3. The van der Waals surface area contributed by atoms with E-state index >= 15 is 0 Å². The van der Waals surface area contributed by atoms with Crippen molar-refractivity contribution in [2.75, 3.05) is 59.5 Å². The molecule has 2 saturated heterocycles. The Morgan fingerprint density at radius 3 is 2.04 bits per heavy atom. The molecule has 276 valence electrons. The highest BCUT2D eigenvalue weighted by Crippen LogP contribution is 2.40. The van der Waals surface area contributed by atoms with Crippen LogP contribution in [0, 0.1) is 0 Å². The molecule has 2 unspecified atom stereocenters. The van der Waals surface area contributed by atoms with Gasteiger partial charge in [0.2, 0.25) is 5.88 Å². The largest absolute Gasteiger partial charge is 0.474 e. The van der Waals surface area contributed by atoms with Gasteiger partial charge in [-0.25, -0.2) is 19.9 Å². The third kappa shape index (κ3) is 7.34. The summed E-state index contributed by atoms with van der Waals surface area (Å²) >= 11 is 0. The minimum Gasteiger partial charge on any atom is -0.474 e. The Balaban J connectivity index is 0.879. The van der Waals surface area contributed by atoms with Crippen molar-refractivity contribution in [3.63, 3.8) is 0 Å². The quantitative estimate of drug-likeness (QED) is 0.204. The fourth-order valence-corrected chi connectivity index (χ4v) is 9.59. The molecule has 0 bridgehead atoms. The smallest absolute Gasteiger partial charge is 0.226 e. The molecule has 12 nitrogen and oxygen atoms in total. The molecule has 0 amide bonds. The lowest BCUT2D eigenvalue weighted by Gasteiger charge is -2.40. The molecule has 2 N–H and O–H groups in total. The maximum Gasteiger partial charge on any atom is 0.226 e. The molecular weight excluding hydrogens is 642 g/mol. The number of anilines is 1. The van der Waals surface area contributed by atoms with Crippen LogP contribution in [0.3, 0.4) is 0 Å². The van der Waals surface area contributed by atoms with E-state index in [0.29, 0.717) is 30.0 Å². The lowest BCUT2D eigenvalue weighted by molar-refractivity contribution is -0.0187. The molecule has 12 heteroatoms. The molecule has 2 atom stereocenters. The van der Waals surface area contributed by atoms with Crippen molar-refractivity contribution in [2.45, 2.75) is 119 Å². The van der Waals surface area contributed by atoms with Gasteiger partial charge in [0.1, 0.15) is 35.9 Å². The van der Waals surface area contributed by atoms with Crippen LogP contribution >= 0.6 is 0 Å². The summed E-state index contributed by atoms with van der Waals surface area (Å²) in [6.07, 6.45) is 21.3. The minimum absolute atomic E-state index is 0.195. The SMILES string of the molecule is CN(C)[C@H]1CC[C@H](Oc2ncnc3[nH]cc(C4CCOC(CN(C)[C@H]5CC[C@H](N(C)c6ncnc7[nH]cc(C8CCOCC8)c67)CC5)C4)c23)CC1. The van der Waals surface area contributed by atoms with Crippen molar-refractivity contribution in [1.82, 2.24) is 39.7 Å². The van der Waals surface area contributed by atoms with Crippen molar-refractivity contribution in [3.8, 4) is 5.88 Å². The molecule has 4 aromatic heterocycles. The van der Waals surface area contributed by atoms with Crippen molar-refractivity contribution in [2.24, 2.45) is 0 Å². The monoisotopic (exact) mass is 699 g/mol. The predicted octanol–water partition coefficient (Wildman–Crippen LogP) is 6.02. The molecule has 2 aliphatic carbocycles. The van der Waals surface area contributed by atoms with Gasteiger partial charge in [-0.05, 0) is 121 Å². The topological polar surface area (TPSA) is 121 Å². The average Bonchev–Trinajstić information content (AvgIpc) is 3.81. The molecule has 0 spiro atoms. The molecule has 2 saturated carbocycles. The van der Waals surface area contributed by atoms with Crippen molar-refractivity contribution >= 4 is 27.9 Å². The molecule has 4 aliphatic rings. The third-order valence-electron chi connectivity index (χ3n) is 12.7. The lowest BCUT2D eigenvalue weighted by Crippen LogP contribution is -2.45. The molecule has 0 aromatic carbocycles. The first-order valence-electron chi connectivity index (χ1n) is 19.5. The van der Waals surface area contributed by atoms with E-state index in [1.54, 1.807) is 12.7 Å². The summed E-state index contributed by atoms with van der Waals surface area (Å²) in [5.41, 5.74) is 4.45. The summed E-state index contributed by atoms with van der Waals surface area (Å²) in [4.78, 5) is 32.9. The van der Waals surface area contributed by atoms with Gasteiger partial charge in [-0.1, -0.05) is 0 Å². The second-order valence-electron chi connectivity index (χ2n) is 15.9. The maximum atomic E-state index is 6.62. The Hall–Kier alpha value is -3.32. The van der Waals surface area contributed by atoms with E-state index < -0.39 is 0 Å². The van der Waals surface area contributed by atoms with Gasteiger partial charge in [-0.3, -0.25) is 0 Å². The summed E-state index contributed by atoms with van der Waals surface area (Å²) in [5.74, 6) is 2.69. The van der Waals surface area contributed by atoms with Crippen LogP contribution in [0.25, 0.3) is 22.1 Å². The number of ether oxygens (including phenoxy) is 3. The van der Waals surface area contributed by atoms with Crippen LogP contribution in [0.4, 0.5) is 5.82 Å². The van der Waals surface area contributed by atoms with Crippen molar-refractivity contribution in [1.29, 1.82) is 0 Å². The summed E-state index contributed by atoms with van der Waals surface area (Å²) in [6.45, 7) is 3.37. The Bertz CT molecular complexity index is 1740. The van der Waals surface area contributed by atoms with Crippen molar-refractivity contribution < 1.29 is 14.2 Å². The van der Waals surface area contributed by atoms with Crippen LogP contribution in [0.1, 0.15) is 100 Å². The second-order valence-corrected chi connectivity index (χ2v) is 15.9. The fraction of sp³-hybridized carbons (Fsp3) is 0.692. The van der Waals surface area contributed by atoms with E-state index in [9.17, 15) is 0 Å². The molecule has 6 heterocycles. The van der Waals surface area contributed by atoms with E-state index in [1.165, 1.54) is 29.4 Å². The normalized spacial score (nSPS) is 28.2. The van der Waals surface area contributed by atoms with Gasteiger partial charge in [-0.2, -0.15) is 0 Å². The summed E-state index contributed by atoms with van der Waals surface area (Å²) < 4.78 is 18.7. The van der Waals surface area contributed by atoms with Crippen LogP contribution in [0.5, 0.6) is 5.88 Å². The van der Waals surface area contributed by atoms with E-state index in [-0.39, 0.29) is 12.2 Å². The van der Waals surface area contributed by atoms with Gasteiger partial charge in [0.25, 0.3) is 0 Å². The molecule has 8 rings (SSSR count). The van der Waals surface area contributed by atoms with Gasteiger partial charge in [0.15, 0.2) is 0 Å². The summed E-state index contributed by atoms with van der Waals surface area (Å²) in [6, 6.07) is 1.66. The van der Waals surface area contributed by atoms with Crippen LogP contribution in [0.15, 0.2) is 25.0 Å². The third-order valence-corrected chi connectivity index (χ3v) is 12.7. The number of nitrogens with zero attached hydrogens (tertiary/aromatic N) is 7. The number of aromatic amines is 2. The predicted molar refractivity (Wildman–Crippen MR) is 200 cm³/mol. The maximum absolute atomic E-state index is 6.62. The minimum atomic E-state index is 0.195. The highest BCUT2D eigenvalue weighted by Gasteiger charge is 2.33. The first-order chi connectivity index (χ1) is 24.9. The Labute approximate surface area is 302 Å². The zero-order valence-corrected chi connectivity index (χ0v) is 31.0. The number of fused-ring (bicyclic) bond motifs is 2. The standard InChI is InChI=1S/C39H57N9O3/c1-46(2)27-9-11-30(12-10-27)51-39-35-33(21-41-37(35)43-24-45-39)26-15-18-50-31(19-26)22-47(3)28-5-7-29(8-6-28)48(4)38-34-32(25-13-16-49-17-14-25)20-40-36(34)42-23-44-38/h20-21,23-31H,5-19,22H2,1-4H3,(H,40,42,44)(H,41,43,45)/t26?,27-,28-,29-,30-,31?. The highest BCUT2D eigenvalue weighted by atomic mass is 16.5. The van der Waals surface area contributed by atoms with E-state index in [1.807, 2.05) is 0 Å². The number of H-pyrrole nitrogens is 2. The first kappa shape index (κ1) is 34.7. The molecular formula is C39H57N9O3. The fourth-order valence-electron chi connectivity index (χ4n) is 9.59. The molecule has 51 heavy (non-hydrogen) atoms. The number of rotatable bonds is 10. The van der Waals surface area contributed by atoms with Gasteiger partial charge < -0.3 is 38.9 Å². The highest BCUT2D eigenvalue weighted by molar-refractivity contribution is 5.91. The molecule has 2 aliphatic heterocycles. The summed E-state index contributed by atoms with van der Waals surface area (Å²) in [7, 11) is 8.89. The molecule has 4 fully saturated rings. The number of likely N-dealkylation sites (N-methyl/N-ethyl adjacent to an activating group) is 1. The Kier molecular flexibility index (Phi) is 10.5. The van der Waals surface area contributed by atoms with E-state index in [0.717, 1.165) is 119 Å². The van der Waals surface area contributed by atoms with Crippen molar-refractivity contribution in [3.05, 3.63) is 36.2 Å². The number of aromatic nitrogens is 6. The van der Waals surface area contributed by atoms with Crippen LogP contribution in [0.2, 0.25) is 0 Å². The summed E-state index contributed by atoms with van der Waals surface area (Å²) in [5, 5.41) is 2.26. The molecule has 0 radical (unpaired) electrons. The Morgan fingerprint density at radius 2 is 1.31 bits per heavy atom. The first-order valence-corrected chi connectivity index (χ1v) is 19.5. The van der Waals surface area contributed by atoms with Crippen LogP contribution < -0.4 is 9.64 Å². The van der Waals surface area contributed by atoms with Gasteiger partial charge in [0, 0.05) is 63.9 Å². The average molecular weight is 700 g/mol. The van der Waals surface area contributed by atoms with E-state index in [4.69, 9.17) is 19.2 Å². The van der Waals surface area contributed by atoms with Crippen LogP contribution in [-0.4, -0.2) is 125 Å². The lowest BCUT2D eigenvalue weighted by atomic mass is 9.87. The van der Waals surface area contributed by atoms with Crippen LogP contribution in [-0.2, 0) is 9.47 Å². The zero-order valence-electron chi connectivity index (χ0n) is 31.0. The zero-order chi connectivity index (χ0) is 34.9. The number of nitrogens with one attached hydrogen (secondary N) is 2. The van der Waals surface area contributed by atoms with Gasteiger partial charge in [0.05, 0.1) is 16.9 Å². The van der Waals surface area contributed by atoms with Gasteiger partial charge >= 0.3 is 0 Å². The Morgan fingerprint density at radius 1 is 0.686 bits per heavy atom. The number of hydrogen-bond acceptors (Lipinski definition) is 10.